The minimum atomic E-state index is -4.37. The lowest BCUT2D eigenvalue weighted by Crippen LogP contribution is -2.29. The zero-order valence-corrected chi connectivity index (χ0v) is 30.2. The topological polar surface area (TPSA) is 134 Å². The van der Waals surface area contributed by atoms with Gasteiger partial charge in [0.2, 0.25) is 0 Å². The van der Waals surface area contributed by atoms with Crippen LogP contribution in [0.15, 0.2) is 24.3 Å². The average Bonchev–Trinajstić information content (AvgIpc) is 3.04. The molecule has 0 amide bonds. The third-order valence-electron chi connectivity index (χ3n) is 7.56. The number of rotatable bonds is 34. The second-order valence-corrected chi connectivity index (χ2v) is 13.5. The van der Waals surface area contributed by atoms with Gasteiger partial charge in [0.1, 0.15) is 6.61 Å². The van der Waals surface area contributed by atoms with Crippen LogP contribution in [-0.4, -0.2) is 49.3 Å². The predicted molar refractivity (Wildman–Crippen MR) is 187 cm³/mol. The summed E-state index contributed by atoms with van der Waals surface area (Å²) in [4.78, 5) is 34.6. The zero-order chi connectivity index (χ0) is 34.0. The van der Waals surface area contributed by atoms with E-state index in [9.17, 15) is 19.0 Å². The largest absolute Gasteiger partial charge is 0.472 e. The van der Waals surface area contributed by atoms with E-state index < -0.39 is 32.5 Å². The number of ether oxygens (including phenoxy) is 2. The van der Waals surface area contributed by atoms with Gasteiger partial charge >= 0.3 is 19.8 Å². The Morgan fingerprint density at radius 1 is 0.630 bits per heavy atom. The Balaban J connectivity index is 4.28. The summed E-state index contributed by atoms with van der Waals surface area (Å²) in [6.07, 6.45) is 32.0. The van der Waals surface area contributed by atoms with Crippen LogP contribution in [0.5, 0.6) is 0 Å². The summed E-state index contributed by atoms with van der Waals surface area (Å²) in [6.45, 7) is 3.65. The molecule has 0 bridgehead atoms. The van der Waals surface area contributed by atoms with Crippen molar-refractivity contribution in [2.75, 3.05) is 26.4 Å². The molecule has 0 spiro atoms. The highest BCUT2D eigenvalue weighted by Crippen LogP contribution is 2.43. The van der Waals surface area contributed by atoms with E-state index in [4.69, 9.17) is 24.3 Å². The molecule has 0 saturated heterocycles. The van der Waals surface area contributed by atoms with E-state index >= 15 is 0 Å². The molecule has 0 aromatic carbocycles. The molecule has 0 aliphatic carbocycles. The molecule has 0 aliphatic rings. The molecule has 0 radical (unpaired) electrons. The number of esters is 2. The number of phosphoric acid groups is 1. The molecular weight excluding hydrogens is 605 g/mol. The molecular formula is C36H68NO8P. The summed E-state index contributed by atoms with van der Waals surface area (Å²) in [5.41, 5.74) is 5.32. The van der Waals surface area contributed by atoms with Crippen molar-refractivity contribution in [2.45, 2.75) is 168 Å². The molecule has 0 aliphatic heterocycles. The van der Waals surface area contributed by atoms with Crippen molar-refractivity contribution in [1.29, 1.82) is 0 Å². The SMILES string of the molecule is CCCCC/C=C/CCCCCCCC(=O)OC[C@H](COP(=O)(O)OCCN)OC(=O)CCCCCCC/C=C/CCCCCC. The molecule has 0 rings (SSSR count). The van der Waals surface area contributed by atoms with Gasteiger partial charge in [0, 0.05) is 19.4 Å². The third-order valence-corrected chi connectivity index (χ3v) is 8.54. The van der Waals surface area contributed by atoms with Crippen molar-refractivity contribution in [1.82, 2.24) is 0 Å². The molecule has 10 heteroatoms. The molecule has 46 heavy (non-hydrogen) atoms. The first-order chi connectivity index (χ1) is 22.3. The van der Waals surface area contributed by atoms with E-state index in [2.05, 4.69) is 38.2 Å². The van der Waals surface area contributed by atoms with Crippen LogP contribution < -0.4 is 5.73 Å². The van der Waals surface area contributed by atoms with E-state index in [-0.39, 0.29) is 32.6 Å². The van der Waals surface area contributed by atoms with Gasteiger partial charge in [0.15, 0.2) is 6.10 Å². The highest BCUT2D eigenvalue weighted by Gasteiger charge is 2.25. The monoisotopic (exact) mass is 673 g/mol. The summed E-state index contributed by atoms with van der Waals surface area (Å²) in [5.74, 6) is -0.851. The molecule has 0 heterocycles. The lowest BCUT2D eigenvalue weighted by Gasteiger charge is -2.19. The molecule has 270 valence electrons. The maximum absolute atomic E-state index is 12.5. The van der Waals surface area contributed by atoms with E-state index in [1.807, 2.05) is 0 Å². The fourth-order valence-corrected chi connectivity index (χ4v) is 5.56. The highest BCUT2D eigenvalue weighted by molar-refractivity contribution is 7.47. The third kappa shape index (κ3) is 32.4. The molecule has 9 nitrogen and oxygen atoms in total. The van der Waals surface area contributed by atoms with Crippen molar-refractivity contribution in [2.24, 2.45) is 5.73 Å². The summed E-state index contributed by atoms with van der Waals surface area (Å²) >= 11 is 0. The fourth-order valence-electron chi connectivity index (χ4n) is 4.80. The molecule has 2 atom stereocenters. The predicted octanol–water partition coefficient (Wildman–Crippen LogP) is 9.66. The molecule has 0 aromatic rings. The minimum absolute atomic E-state index is 0.0515. The van der Waals surface area contributed by atoms with Crippen LogP contribution in [0.1, 0.15) is 162 Å². The van der Waals surface area contributed by atoms with Crippen molar-refractivity contribution >= 4 is 19.8 Å². The fraction of sp³-hybridized carbons (Fsp3) is 0.833. The van der Waals surface area contributed by atoms with Crippen LogP contribution in [0.2, 0.25) is 0 Å². The summed E-state index contributed by atoms with van der Waals surface area (Å²) in [7, 11) is -4.37. The maximum atomic E-state index is 12.5. The molecule has 3 N–H and O–H groups in total. The van der Waals surface area contributed by atoms with Crippen LogP contribution in [0.25, 0.3) is 0 Å². The Hall–Kier alpha value is -1.51. The van der Waals surface area contributed by atoms with Gasteiger partial charge in [-0.3, -0.25) is 18.6 Å². The number of allylic oxidation sites excluding steroid dienone is 4. The number of carbonyl (C=O) groups excluding carboxylic acids is 2. The average molecular weight is 674 g/mol. The van der Waals surface area contributed by atoms with Crippen LogP contribution in [-0.2, 0) is 32.7 Å². The first kappa shape index (κ1) is 44.5. The number of unbranched alkanes of at least 4 members (excludes halogenated alkanes) is 17. The van der Waals surface area contributed by atoms with E-state index in [1.54, 1.807) is 0 Å². The van der Waals surface area contributed by atoms with Gasteiger partial charge in [0.05, 0.1) is 13.2 Å². The number of carbonyl (C=O) groups is 2. The number of nitrogens with two attached hydrogens (primary N) is 1. The Kier molecular flexibility index (Phi) is 32.3. The van der Waals surface area contributed by atoms with Crippen LogP contribution in [0.4, 0.5) is 0 Å². The summed E-state index contributed by atoms with van der Waals surface area (Å²) < 4.78 is 32.6. The lowest BCUT2D eigenvalue weighted by molar-refractivity contribution is -0.161. The minimum Gasteiger partial charge on any atom is -0.462 e. The summed E-state index contributed by atoms with van der Waals surface area (Å²) in [5, 5.41) is 0. The standard InChI is InChI=1S/C36H68NO8P/c1-3-5-7-9-11-13-15-17-19-21-23-25-27-29-36(39)45-34(33-44-46(40,41)43-31-30-37)32-42-35(38)28-26-24-22-20-18-16-14-12-10-8-6-4-2/h12-15,34H,3-11,16-33,37H2,1-2H3,(H,40,41)/b14-12+,15-13+/t34-/m1/s1. The normalized spacial score (nSPS) is 13.7. The number of hydrogen-bond acceptors (Lipinski definition) is 8. The molecule has 0 fully saturated rings. The van der Waals surface area contributed by atoms with Gasteiger partial charge in [-0.1, -0.05) is 109 Å². The second kappa shape index (κ2) is 33.4. The van der Waals surface area contributed by atoms with Gasteiger partial charge in [-0.2, -0.15) is 0 Å². The van der Waals surface area contributed by atoms with Crippen molar-refractivity contribution in [3.8, 4) is 0 Å². The first-order valence-electron chi connectivity index (χ1n) is 18.3. The van der Waals surface area contributed by atoms with Gasteiger partial charge in [0.25, 0.3) is 0 Å². The van der Waals surface area contributed by atoms with Crippen LogP contribution in [0, 0.1) is 0 Å². The van der Waals surface area contributed by atoms with Crippen LogP contribution >= 0.6 is 7.82 Å². The van der Waals surface area contributed by atoms with Gasteiger partial charge < -0.3 is 20.1 Å². The van der Waals surface area contributed by atoms with Gasteiger partial charge in [-0.05, 0) is 64.2 Å². The Morgan fingerprint density at radius 3 is 1.59 bits per heavy atom. The molecule has 1 unspecified atom stereocenters. The van der Waals surface area contributed by atoms with E-state index in [0.29, 0.717) is 6.42 Å². The number of hydrogen-bond donors (Lipinski definition) is 2. The maximum Gasteiger partial charge on any atom is 0.472 e. The Labute approximate surface area is 281 Å². The number of phosphoric ester groups is 1. The van der Waals surface area contributed by atoms with Crippen molar-refractivity contribution in [3.63, 3.8) is 0 Å². The summed E-state index contributed by atoms with van der Waals surface area (Å²) in [6, 6.07) is 0. The molecule has 0 saturated carbocycles. The smallest absolute Gasteiger partial charge is 0.462 e. The zero-order valence-electron chi connectivity index (χ0n) is 29.3. The lowest BCUT2D eigenvalue weighted by atomic mass is 10.1. The van der Waals surface area contributed by atoms with Crippen LogP contribution in [0.3, 0.4) is 0 Å². The van der Waals surface area contributed by atoms with E-state index in [0.717, 1.165) is 70.6 Å². The molecule has 0 aromatic heterocycles. The van der Waals surface area contributed by atoms with E-state index in [1.165, 1.54) is 57.8 Å². The van der Waals surface area contributed by atoms with Crippen molar-refractivity contribution < 1.29 is 37.6 Å². The van der Waals surface area contributed by atoms with Gasteiger partial charge in [-0.15, -0.1) is 0 Å². The van der Waals surface area contributed by atoms with Crippen molar-refractivity contribution in [3.05, 3.63) is 24.3 Å². The Bertz CT molecular complexity index is 820. The van der Waals surface area contributed by atoms with Gasteiger partial charge in [-0.25, -0.2) is 4.57 Å². The Morgan fingerprint density at radius 2 is 1.07 bits per heavy atom. The quantitative estimate of drug-likeness (QED) is 0.0296. The highest BCUT2D eigenvalue weighted by atomic mass is 31.2. The first-order valence-corrected chi connectivity index (χ1v) is 19.8. The second-order valence-electron chi connectivity index (χ2n) is 12.1.